The van der Waals surface area contributed by atoms with Crippen molar-refractivity contribution in [1.29, 1.82) is 0 Å². The van der Waals surface area contributed by atoms with Crippen molar-refractivity contribution in [2.24, 2.45) is 0 Å². The third kappa shape index (κ3) is 3.53. The van der Waals surface area contributed by atoms with Crippen LogP contribution in [0.3, 0.4) is 0 Å². The van der Waals surface area contributed by atoms with Gasteiger partial charge >= 0.3 is 0 Å². The summed E-state index contributed by atoms with van der Waals surface area (Å²) in [4.78, 5) is 0. The molecule has 0 unspecified atom stereocenters. The van der Waals surface area contributed by atoms with Crippen LogP contribution in [0, 0.1) is 0 Å². The highest BCUT2D eigenvalue weighted by Crippen LogP contribution is 2.29. The molecule has 0 aliphatic rings. The van der Waals surface area contributed by atoms with Gasteiger partial charge in [-0.15, -0.1) is 0 Å². The first-order valence-electron chi connectivity index (χ1n) is 6.96. The van der Waals surface area contributed by atoms with Gasteiger partial charge < -0.3 is 10.2 Å². The maximum Gasteiger partial charge on any atom is 0.115 e. The lowest BCUT2D eigenvalue weighted by Crippen LogP contribution is -2.14. The largest absolute Gasteiger partial charge is 0.508 e. The third-order valence-electron chi connectivity index (χ3n) is 3.49. The maximum atomic E-state index is 9.70. The van der Waals surface area contributed by atoms with E-state index in [9.17, 15) is 10.2 Å². The van der Waals surface area contributed by atoms with Crippen LogP contribution >= 0.6 is 0 Å². The highest BCUT2D eigenvalue weighted by atomic mass is 16.3. The average Bonchev–Trinajstić information content (AvgIpc) is 2.35. The monoisotopic (exact) mass is 270 g/mol. The van der Waals surface area contributed by atoms with E-state index in [1.165, 1.54) is 11.1 Å². The normalized spacial score (nSPS) is 11.6. The van der Waals surface area contributed by atoms with Crippen molar-refractivity contribution < 1.29 is 10.2 Å². The summed E-state index contributed by atoms with van der Waals surface area (Å²) in [6, 6.07) is 12.9. The molecule has 0 saturated carbocycles. The topological polar surface area (TPSA) is 40.5 Å². The van der Waals surface area contributed by atoms with Crippen molar-refractivity contribution in [3.05, 3.63) is 59.2 Å². The number of aryl methyl sites for hydroxylation is 2. The smallest absolute Gasteiger partial charge is 0.115 e. The number of aromatic hydroxyl groups is 2. The molecular formula is C18H22O2. The Hall–Kier alpha value is -1.96. The van der Waals surface area contributed by atoms with E-state index in [1.807, 2.05) is 24.3 Å². The molecule has 2 aromatic carbocycles. The molecule has 0 atom stereocenters. The summed E-state index contributed by atoms with van der Waals surface area (Å²) in [5, 5.41) is 19.2. The van der Waals surface area contributed by atoms with Gasteiger partial charge in [0.1, 0.15) is 11.5 Å². The van der Waals surface area contributed by atoms with Crippen molar-refractivity contribution in [3.8, 4) is 11.5 Å². The van der Waals surface area contributed by atoms with E-state index in [-0.39, 0.29) is 5.41 Å². The molecule has 0 amide bonds. The van der Waals surface area contributed by atoms with E-state index < -0.39 is 0 Å². The molecule has 0 fully saturated rings. The Balaban J connectivity index is 2.22. The Kier molecular flexibility index (Phi) is 4.03. The molecule has 0 spiro atoms. The molecular weight excluding hydrogens is 248 g/mol. The molecule has 0 aromatic heterocycles. The van der Waals surface area contributed by atoms with Crippen LogP contribution in [0.15, 0.2) is 42.5 Å². The highest BCUT2D eigenvalue weighted by Gasteiger charge is 2.18. The molecule has 2 heteroatoms. The fourth-order valence-corrected chi connectivity index (χ4v) is 2.51. The fourth-order valence-electron chi connectivity index (χ4n) is 2.51. The Morgan fingerprint density at radius 1 is 0.850 bits per heavy atom. The van der Waals surface area contributed by atoms with Crippen molar-refractivity contribution in [2.45, 2.75) is 39.0 Å². The van der Waals surface area contributed by atoms with Crippen molar-refractivity contribution >= 4 is 0 Å². The van der Waals surface area contributed by atoms with Gasteiger partial charge in [0.05, 0.1) is 0 Å². The second kappa shape index (κ2) is 5.58. The van der Waals surface area contributed by atoms with E-state index in [2.05, 4.69) is 20.8 Å². The summed E-state index contributed by atoms with van der Waals surface area (Å²) in [6.07, 6.45) is 1.70. The molecule has 0 bridgehead atoms. The molecule has 2 rings (SSSR count). The number of benzene rings is 2. The number of hydrogen-bond donors (Lipinski definition) is 2. The van der Waals surface area contributed by atoms with E-state index in [1.54, 1.807) is 18.2 Å². The minimum absolute atomic E-state index is 0.0574. The van der Waals surface area contributed by atoms with Crippen molar-refractivity contribution in [1.82, 2.24) is 0 Å². The zero-order chi connectivity index (χ0) is 14.8. The highest BCUT2D eigenvalue weighted by molar-refractivity contribution is 5.39. The standard InChI is InChI=1S/C18H22O2/c1-18(2,3)17-10-9-16(20)12-14(17)8-7-13-5-4-6-15(19)11-13/h4-6,9-12,19-20H,7-8H2,1-3H3. The van der Waals surface area contributed by atoms with Gasteiger partial charge in [0.15, 0.2) is 0 Å². The van der Waals surface area contributed by atoms with E-state index in [0.717, 1.165) is 18.4 Å². The lowest BCUT2D eigenvalue weighted by molar-refractivity contribution is 0.472. The molecule has 0 aliphatic carbocycles. The Labute approximate surface area is 120 Å². The number of phenolic OH excluding ortho intramolecular Hbond substituents is 2. The maximum absolute atomic E-state index is 9.70. The van der Waals surface area contributed by atoms with E-state index >= 15 is 0 Å². The third-order valence-corrected chi connectivity index (χ3v) is 3.49. The van der Waals surface area contributed by atoms with Gasteiger partial charge in [0, 0.05) is 0 Å². The van der Waals surface area contributed by atoms with Gasteiger partial charge in [-0.25, -0.2) is 0 Å². The average molecular weight is 270 g/mol. The SMILES string of the molecule is CC(C)(C)c1ccc(O)cc1CCc1cccc(O)c1. The molecule has 0 aliphatic heterocycles. The second-order valence-corrected chi connectivity index (χ2v) is 6.26. The Morgan fingerprint density at radius 3 is 2.20 bits per heavy atom. The molecule has 0 heterocycles. The molecule has 20 heavy (non-hydrogen) atoms. The Bertz CT molecular complexity index is 595. The minimum atomic E-state index is 0.0574. The van der Waals surface area contributed by atoms with Gasteiger partial charge in [-0.3, -0.25) is 0 Å². The van der Waals surface area contributed by atoms with Crippen molar-refractivity contribution in [2.75, 3.05) is 0 Å². The lowest BCUT2D eigenvalue weighted by atomic mass is 9.82. The number of hydrogen-bond acceptors (Lipinski definition) is 2. The van der Waals surface area contributed by atoms with Crippen LogP contribution in [-0.2, 0) is 18.3 Å². The van der Waals surface area contributed by atoms with Crippen LogP contribution in [-0.4, -0.2) is 10.2 Å². The quantitative estimate of drug-likeness (QED) is 0.878. The van der Waals surface area contributed by atoms with Gasteiger partial charge in [-0.05, 0) is 59.2 Å². The van der Waals surface area contributed by atoms with Crippen molar-refractivity contribution in [3.63, 3.8) is 0 Å². The zero-order valence-electron chi connectivity index (χ0n) is 12.4. The summed E-state index contributed by atoms with van der Waals surface area (Å²) in [7, 11) is 0. The van der Waals surface area contributed by atoms with Gasteiger partial charge in [-0.1, -0.05) is 39.0 Å². The number of phenols is 2. The van der Waals surface area contributed by atoms with Gasteiger partial charge in [0.25, 0.3) is 0 Å². The van der Waals surface area contributed by atoms with Crippen LogP contribution in [0.25, 0.3) is 0 Å². The number of rotatable bonds is 3. The predicted molar refractivity (Wildman–Crippen MR) is 82.3 cm³/mol. The molecule has 0 radical (unpaired) electrons. The predicted octanol–water partition coefficient (Wildman–Crippen LogP) is 4.18. The molecule has 2 nitrogen and oxygen atoms in total. The minimum Gasteiger partial charge on any atom is -0.508 e. The van der Waals surface area contributed by atoms with Crippen LogP contribution in [0.2, 0.25) is 0 Å². The van der Waals surface area contributed by atoms with Crippen LogP contribution in [0.1, 0.15) is 37.5 Å². The van der Waals surface area contributed by atoms with E-state index in [4.69, 9.17) is 0 Å². The summed E-state index contributed by atoms with van der Waals surface area (Å²) >= 11 is 0. The summed E-state index contributed by atoms with van der Waals surface area (Å²) in [5.41, 5.74) is 3.59. The van der Waals surface area contributed by atoms with Crippen LogP contribution in [0.5, 0.6) is 11.5 Å². The van der Waals surface area contributed by atoms with Gasteiger partial charge in [0.2, 0.25) is 0 Å². The summed E-state index contributed by atoms with van der Waals surface area (Å²) < 4.78 is 0. The summed E-state index contributed by atoms with van der Waals surface area (Å²) in [5.74, 6) is 0.610. The van der Waals surface area contributed by atoms with Gasteiger partial charge in [-0.2, -0.15) is 0 Å². The lowest BCUT2D eigenvalue weighted by Gasteiger charge is -2.23. The molecule has 106 valence electrons. The first kappa shape index (κ1) is 14.4. The second-order valence-electron chi connectivity index (χ2n) is 6.26. The van der Waals surface area contributed by atoms with E-state index in [0.29, 0.717) is 11.5 Å². The first-order chi connectivity index (χ1) is 9.36. The Morgan fingerprint density at radius 2 is 1.55 bits per heavy atom. The fraction of sp³-hybridized carbons (Fsp3) is 0.333. The van der Waals surface area contributed by atoms with Crippen LogP contribution < -0.4 is 0 Å². The van der Waals surface area contributed by atoms with Crippen LogP contribution in [0.4, 0.5) is 0 Å². The molecule has 2 aromatic rings. The first-order valence-corrected chi connectivity index (χ1v) is 6.96. The molecule has 2 N–H and O–H groups in total. The zero-order valence-corrected chi connectivity index (χ0v) is 12.4. The molecule has 0 saturated heterocycles. The summed E-state index contributed by atoms with van der Waals surface area (Å²) in [6.45, 7) is 6.53.